The molecule has 2 rings (SSSR count). The third-order valence-electron chi connectivity index (χ3n) is 3.68. The monoisotopic (exact) mass is 335 g/mol. The van der Waals surface area contributed by atoms with E-state index in [-0.39, 0.29) is 17.1 Å². The van der Waals surface area contributed by atoms with Crippen LogP contribution >= 0.6 is 11.6 Å². The topological polar surface area (TPSA) is 38.3 Å². The Labute approximate surface area is 131 Å². The summed E-state index contributed by atoms with van der Waals surface area (Å²) in [6.07, 6.45) is -1.92. The summed E-state index contributed by atoms with van der Waals surface area (Å²) < 4.78 is 44.0. The van der Waals surface area contributed by atoms with Crippen molar-refractivity contribution < 1.29 is 22.7 Å². The summed E-state index contributed by atoms with van der Waals surface area (Å²) in [5, 5.41) is 2.31. The highest BCUT2D eigenvalue weighted by molar-refractivity contribution is 6.30. The highest BCUT2D eigenvalue weighted by atomic mass is 35.5. The van der Waals surface area contributed by atoms with Crippen LogP contribution in [0, 0.1) is 5.92 Å². The molecule has 1 fully saturated rings. The first-order valence-electron chi connectivity index (χ1n) is 7.10. The molecule has 0 aromatic heterocycles. The molecule has 122 valence electrons. The number of rotatable bonds is 4. The Morgan fingerprint density at radius 1 is 1.32 bits per heavy atom. The minimum absolute atomic E-state index is 0.0208. The van der Waals surface area contributed by atoms with Gasteiger partial charge in [0.1, 0.15) is 0 Å². The Balaban J connectivity index is 1.96. The maximum atomic E-state index is 12.9. The summed E-state index contributed by atoms with van der Waals surface area (Å²) in [5.74, 6) is -0.0221. The SMILES string of the molecule is O=C(CCC1CCOCC1)Nc1ccc(Cl)cc1C(F)(F)F. The van der Waals surface area contributed by atoms with Crippen LogP contribution in [-0.2, 0) is 15.7 Å². The Morgan fingerprint density at radius 2 is 2.00 bits per heavy atom. The minimum Gasteiger partial charge on any atom is -0.381 e. The molecule has 0 unspecified atom stereocenters. The van der Waals surface area contributed by atoms with Gasteiger partial charge >= 0.3 is 6.18 Å². The second kappa shape index (κ2) is 7.33. The quantitative estimate of drug-likeness (QED) is 0.879. The van der Waals surface area contributed by atoms with Crippen LogP contribution in [0.1, 0.15) is 31.2 Å². The maximum Gasteiger partial charge on any atom is 0.418 e. The van der Waals surface area contributed by atoms with Gasteiger partial charge in [0.2, 0.25) is 5.91 Å². The lowest BCUT2D eigenvalue weighted by molar-refractivity contribution is -0.137. The predicted molar refractivity (Wildman–Crippen MR) is 77.9 cm³/mol. The van der Waals surface area contributed by atoms with E-state index in [4.69, 9.17) is 16.3 Å². The molecular formula is C15H17ClF3NO2. The fourth-order valence-electron chi connectivity index (χ4n) is 2.44. The van der Waals surface area contributed by atoms with Gasteiger partial charge in [-0.2, -0.15) is 13.2 Å². The van der Waals surface area contributed by atoms with Gasteiger partial charge in [0.05, 0.1) is 11.3 Å². The van der Waals surface area contributed by atoms with Crippen molar-refractivity contribution >= 4 is 23.2 Å². The number of anilines is 1. The number of carbonyl (C=O) groups is 1. The lowest BCUT2D eigenvalue weighted by atomic mass is 9.95. The van der Waals surface area contributed by atoms with E-state index in [0.717, 1.165) is 18.9 Å². The van der Waals surface area contributed by atoms with Crippen LogP contribution in [0.2, 0.25) is 5.02 Å². The number of nitrogens with one attached hydrogen (secondary N) is 1. The Bertz CT molecular complexity index is 528. The zero-order valence-corrected chi connectivity index (χ0v) is 12.6. The lowest BCUT2D eigenvalue weighted by Crippen LogP contribution is -2.20. The molecule has 0 aliphatic carbocycles. The van der Waals surface area contributed by atoms with E-state index in [1.807, 2.05) is 0 Å². The van der Waals surface area contributed by atoms with Crippen molar-refractivity contribution in [2.75, 3.05) is 18.5 Å². The third kappa shape index (κ3) is 4.88. The number of hydrogen-bond acceptors (Lipinski definition) is 2. The molecule has 1 aromatic carbocycles. The number of ether oxygens (including phenoxy) is 1. The van der Waals surface area contributed by atoms with E-state index in [1.54, 1.807) is 0 Å². The minimum atomic E-state index is -4.56. The fourth-order valence-corrected chi connectivity index (χ4v) is 2.62. The first-order valence-corrected chi connectivity index (χ1v) is 7.48. The molecule has 0 bridgehead atoms. The van der Waals surface area contributed by atoms with Gasteiger partial charge in [-0.3, -0.25) is 4.79 Å². The van der Waals surface area contributed by atoms with Gasteiger partial charge in [-0.1, -0.05) is 11.6 Å². The number of benzene rings is 1. The normalized spacial score (nSPS) is 16.5. The van der Waals surface area contributed by atoms with Gasteiger partial charge < -0.3 is 10.1 Å². The zero-order valence-electron chi connectivity index (χ0n) is 11.9. The second-order valence-electron chi connectivity index (χ2n) is 5.33. The van der Waals surface area contributed by atoms with Crippen molar-refractivity contribution in [2.45, 2.75) is 31.9 Å². The number of amides is 1. The van der Waals surface area contributed by atoms with E-state index >= 15 is 0 Å². The van der Waals surface area contributed by atoms with Crippen LogP contribution in [0.5, 0.6) is 0 Å². The molecule has 1 amide bonds. The smallest absolute Gasteiger partial charge is 0.381 e. The summed E-state index contributed by atoms with van der Waals surface area (Å²) >= 11 is 5.60. The molecule has 3 nitrogen and oxygen atoms in total. The van der Waals surface area contributed by atoms with Crippen LogP contribution < -0.4 is 5.32 Å². The lowest BCUT2D eigenvalue weighted by Gasteiger charge is -2.21. The summed E-state index contributed by atoms with van der Waals surface area (Å²) in [5.41, 5.74) is -1.19. The molecule has 0 atom stereocenters. The average Bonchev–Trinajstić information content (AvgIpc) is 2.47. The van der Waals surface area contributed by atoms with Crippen molar-refractivity contribution in [3.05, 3.63) is 28.8 Å². The molecule has 1 N–H and O–H groups in total. The molecule has 0 radical (unpaired) electrons. The Kier molecular flexibility index (Phi) is 5.69. The van der Waals surface area contributed by atoms with Crippen molar-refractivity contribution in [3.8, 4) is 0 Å². The molecule has 7 heteroatoms. The predicted octanol–water partition coefficient (Wildman–Crippen LogP) is 4.50. The number of alkyl halides is 3. The van der Waals surface area contributed by atoms with Gasteiger partial charge in [0, 0.05) is 24.7 Å². The van der Waals surface area contributed by atoms with Crippen molar-refractivity contribution in [1.82, 2.24) is 0 Å². The van der Waals surface area contributed by atoms with Crippen LogP contribution in [-0.4, -0.2) is 19.1 Å². The van der Waals surface area contributed by atoms with E-state index < -0.39 is 17.6 Å². The molecule has 1 heterocycles. The van der Waals surface area contributed by atoms with E-state index in [2.05, 4.69) is 5.32 Å². The molecule has 1 saturated heterocycles. The maximum absolute atomic E-state index is 12.9. The first kappa shape index (κ1) is 17.1. The Morgan fingerprint density at radius 3 is 2.64 bits per heavy atom. The van der Waals surface area contributed by atoms with Gasteiger partial charge in [-0.05, 0) is 43.4 Å². The van der Waals surface area contributed by atoms with Crippen molar-refractivity contribution in [1.29, 1.82) is 0 Å². The average molecular weight is 336 g/mol. The first-order chi connectivity index (χ1) is 10.4. The van der Waals surface area contributed by atoms with Gasteiger partial charge in [0.15, 0.2) is 0 Å². The van der Waals surface area contributed by atoms with Crippen molar-refractivity contribution in [3.63, 3.8) is 0 Å². The van der Waals surface area contributed by atoms with Crippen LogP contribution in [0.25, 0.3) is 0 Å². The Hall–Kier alpha value is -1.27. The number of hydrogen-bond donors (Lipinski definition) is 1. The molecule has 1 aliphatic rings. The summed E-state index contributed by atoms with van der Waals surface area (Å²) in [4.78, 5) is 11.9. The molecule has 1 aliphatic heterocycles. The molecule has 1 aromatic rings. The van der Waals surface area contributed by atoms with E-state index in [9.17, 15) is 18.0 Å². The number of carbonyl (C=O) groups excluding carboxylic acids is 1. The highest BCUT2D eigenvalue weighted by Crippen LogP contribution is 2.36. The highest BCUT2D eigenvalue weighted by Gasteiger charge is 2.34. The van der Waals surface area contributed by atoms with Gasteiger partial charge in [-0.15, -0.1) is 0 Å². The van der Waals surface area contributed by atoms with Crippen LogP contribution in [0.4, 0.5) is 18.9 Å². The van der Waals surface area contributed by atoms with Crippen LogP contribution in [0.3, 0.4) is 0 Å². The third-order valence-corrected chi connectivity index (χ3v) is 3.92. The molecule has 0 spiro atoms. The summed E-state index contributed by atoms with van der Waals surface area (Å²) in [6, 6.07) is 3.32. The van der Waals surface area contributed by atoms with E-state index in [0.29, 0.717) is 25.6 Å². The van der Waals surface area contributed by atoms with Gasteiger partial charge in [-0.25, -0.2) is 0 Å². The van der Waals surface area contributed by atoms with Crippen LogP contribution in [0.15, 0.2) is 18.2 Å². The molecule has 0 saturated carbocycles. The standard InChI is InChI=1S/C15H17ClF3NO2/c16-11-2-3-13(12(9-11)15(17,18)19)20-14(21)4-1-10-5-7-22-8-6-10/h2-3,9-10H,1,4-8H2,(H,20,21). The summed E-state index contributed by atoms with van der Waals surface area (Å²) in [7, 11) is 0. The summed E-state index contributed by atoms with van der Waals surface area (Å²) in [6.45, 7) is 1.36. The molecular weight excluding hydrogens is 319 g/mol. The number of halogens is 4. The molecule has 22 heavy (non-hydrogen) atoms. The fraction of sp³-hybridized carbons (Fsp3) is 0.533. The van der Waals surface area contributed by atoms with Gasteiger partial charge in [0.25, 0.3) is 0 Å². The zero-order chi connectivity index (χ0) is 16.2. The van der Waals surface area contributed by atoms with Crippen molar-refractivity contribution in [2.24, 2.45) is 5.92 Å². The van der Waals surface area contributed by atoms with E-state index in [1.165, 1.54) is 12.1 Å². The largest absolute Gasteiger partial charge is 0.418 e. The second-order valence-corrected chi connectivity index (χ2v) is 5.77.